The Kier molecular flexibility index (Phi) is 2.66. The zero-order chi connectivity index (χ0) is 7.44. The van der Waals surface area contributed by atoms with E-state index in [2.05, 4.69) is 4.74 Å². The molecule has 0 radical (unpaired) electrons. The summed E-state index contributed by atoms with van der Waals surface area (Å²) in [6, 6.07) is 0. The zero-order valence-electron chi connectivity index (χ0n) is 5.25. The van der Waals surface area contributed by atoms with Crippen LogP contribution in [-0.4, -0.2) is 24.1 Å². The van der Waals surface area contributed by atoms with Gasteiger partial charge in [0.05, 0.1) is 7.11 Å². The number of hydrazine groups is 1. The van der Waals surface area contributed by atoms with Crippen LogP contribution in [0.15, 0.2) is 0 Å². The first-order valence-corrected chi connectivity index (χ1v) is 2.23. The molecule has 0 aromatic heterocycles. The van der Waals surface area contributed by atoms with E-state index in [0.29, 0.717) is 5.01 Å². The van der Waals surface area contributed by atoms with Crippen molar-refractivity contribution in [3.05, 3.63) is 0 Å². The van der Waals surface area contributed by atoms with Crippen molar-refractivity contribution in [1.29, 1.82) is 0 Å². The molecule has 5 heteroatoms. The molecule has 0 rings (SSSR count). The summed E-state index contributed by atoms with van der Waals surface area (Å²) < 4.78 is 4.11. The molecule has 0 unspecified atom stereocenters. The molecule has 2 N–H and O–H groups in total. The van der Waals surface area contributed by atoms with E-state index in [9.17, 15) is 9.59 Å². The average Bonchev–Trinajstić information content (AvgIpc) is 1.84. The fraction of sp³-hybridized carbons (Fsp3) is 0.500. The largest absolute Gasteiger partial charge is 0.451 e. The van der Waals surface area contributed by atoms with Gasteiger partial charge in [-0.1, -0.05) is 0 Å². The summed E-state index contributed by atoms with van der Waals surface area (Å²) in [5, 5.41) is 0.389. The fourth-order valence-electron chi connectivity index (χ4n) is 0.227. The lowest BCUT2D eigenvalue weighted by molar-refractivity contribution is -0.127. The number of hydrogen-bond acceptors (Lipinski definition) is 4. The highest BCUT2D eigenvalue weighted by Gasteiger charge is 2.11. The zero-order valence-corrected chi connectivity index (χ0v) is 5.25. The van der Waals surface area contributed by atoms with Crippen LogP contribution in [0.2, 0.25) is 0 Å². The van der Waals surface area contributed by atoms with E-state index in [-0.39, 0.29) is 0 Å². The molecule has 0 aromatic rings. The maximum absolute atomic E-state index is 10.3. The van der Waals surface area contributed by atoms with E-state index in [1.165, 1.54) is 0 Å². The topological polar surface area (TPSA) is 72.6 Å². The van der Waals surface area contributed by atoms with Gasteiger partial charge in [0.25, 0.3) is 0 Å². The van der Waals surface area contributed by atoms with Gasteiger partial charge >= 0.3 is 6.09 Å². The van der Waals surface area contributed by atoms with Gasteiger partial charge in [0.1, 0.15) is 0 Å². The van der Waals surface area contributed by atoms with Crippen LogP contribution in [0.1, 0.15) is 6.92 Å². The summed E-state index contributed by atoms with van der Waals surface area (Å²) in [5.74, 6) is 4.33. The van der Waals surface area contributed by atoms with Crippen LogP contribution in [0.4, 0.5) is 4.79 Å². The second-order valence-corrected chi connectivity index (χ2v) is 1.36. The maximum atomic E-state index is 10.3. The van der Waals surface area contributed by atoms with E-state index in [0.717, 1.165) is 14.0 Å². The lowest BCUT2D eigenvalue weighted by Crippen LogP contribution is -2.40. The normalized spacial score (nSPS) is 8.33. The van der Waals surface area contributed by atoms with Crippen LogP contribution in [0.5, 0.6) is 0 Å². The van der Waals surface area contributed by atoms with E-state index < -0.39 is 12.0 Å². The number of rotatable bonds is 0. The molecule has 0 saturated heterocycles. The number of methoxy groups -OCH3 is 1. The first kappa shape index (κ1) is 7.90. The molecule has 9 heavy (non-hydrogen) atoms. The highest BCUT2D eigenvalue weighted by molar-refractivity contribution is 5.89. The number of amides is 2. The smallest absolute Gasteiger partial charge is 0.431 e. The van der Waals surface area contributed by atoms with Gasteiger partial charge in [0.2, 0.25) is 5.91 Å². The minimum Gasteiger partial charge on any atom is -0.451 e. The van der Waals surface area contributed by atoms with E-state index in [1.54, 1.807) is 0 Å². The molecule has 0 bridgehead atoms. The lowest BCUT2D eigenvalue weighted by atomic mass is 10.7. The predicted octanol–water partition coefficient (Wildman–Crippen LogP) is -0.525. The Morgan fingerprint density at radius 1 is 1.56 bits per heavy atom. The fourth-order valence-corrected chi connectivity index (χ4v) is 0.227. The lowest BCUT2D eigenvalue weighted by Gasteiger charge is -2.08. The Bertz CT molecular complexity index is 134. The molecular formula is C4H8N2O3. The molecule has 0 spiro atoms. The number of nitrogens with zero attached hydrogens (tertiary/aromatic N) is 1. The van der Waals surface area contributed by atoms with Crippen LogP contribution in [0.3, 0.4) is 0 Å². The molecular weight excluding hydrogens is 124 g/mol. The summed E-state index contributed by atoms with van der Waals surface area (Å²) in [7, 11) is 1.14. The Labute approximate surface area is 52.3 Å². The quantitative estimate of drug-likeness (QED) is 0.273. The number of imide groups is 1. The molecule has 0 atom stereocenters. The molecule has 52 valence electrons. The third kappa shape index (κ3) is 2.09. The summed E-state index contributed by atoms with van der Waals surface area (Å²) in [5.41, 5.74) is 0. The number of nitrogens with two attached hydrogens (primary N) is 1. The van der Waals surface area contributed by atoms with Gasteiger partial charge in [-0.2, -0.15) is 5.01 Å². The van der Waals surface area contributed by atoms with Crippen LogP contribution in [0, 0.1) is 0 Å². The molecule has 0 aliphatic carbocycles. The summed E-state index contributed by atoms with van der Waals surface area (Å²) in [6.45, 7) is 1.16. The molecule has 0 fully saturated rings. The number of ether oxygens (including phenoxy) is 1. The number of carbonyl (C=O) groups excluding carboxylic acids is 2. The van der Waals surface area contributed by atoms with Crippen molar-refractivity contribution in [2.45, 2.75) is 6.92 Å². The van der Waals surface area contributed by atoms with Crippen molar-refractivity contribution < 1.29 is 14.3 Å². The van der Waals surface area contributed by atoms with Gasteiger partial charge in [-0.15, -0.1) is 0 Å². The highest BCUT2D eigenvalue weighted by atomic mass is 16.5. The van der Waals surface area contributed by atoms with Crippen molar-refractivity contribution in [3.63, 3.8) is 0 Å². The first-order valence-electron chi connectivity index (χ1n) is 2.23. The average molecular weight is 132 g/mol. The summed E-state index contributed by atoms with van der Waals surface area (Å²) in [6.07, 6.45) is -0.859. The minimum absolute atomic E-state index is 0.389. The van der Waals surface area contributed by atoms with Crippen molar-refractivity contribution in [2.24, 2.45) is 5.84 Å². The van der Waals surface area contributed by atoms with Crippen molar-refractivity contribution >= 4 is 12.0 Å². The molecule has 0 heterocycles. The van der Waals surface area contributed by atoms with Crippen LogP contribution in [-0.2, 0) is 9.53 Å². The molecule has 0 aliphatic heterocycles. The molecule has 2 amide bonds. The Morgan fingerprint density at radius 2 is 2.00 bits per heavy atom. The number of carbonyl (C=O) groups is 2. The Balaban J connectivity index is 3.88. The molecule has 0 saturated carbocycles. The third-order valence-corrected chi connectivity index (χ3v) is 0.711. The van der Waals surface area contributed by atoms with Crippen molar-refractivity contribution in [1.82, 2.24) is 5.01 Å². The third-order valence-electron chi connectivity index (χ3n) is 0.711. The summed E-state index contributed by atoms with van der Waals surface area (Å²) >= 11 is 0. The van der Waals surface area contributed by atoms with Gasteiger partial charge in [0, 0.05) is 6.92 Å². The standard InChI is InChI=1S/C4H8N2O3/c1-3(7)6(5)4(8)9-2/h5H2,1-2H3. The van der Waals surface area contributed by atoms with Gasteiger partial charge < -0.3 is 4.74 Å². The van der Waals surface area contributed by atoms with E-state index in [1.807, 2.05) is 0 Å². The van der Waals surface area contributed by atoms with E-state index >= 15 is 0 Å². The van der Waals surface area contributed by atoms with E-state index in [4.69, 9.17) is 5.84 Å². The second kappa shape index (κ2) is 3.03. The van der Waals surface area contributed by atoms with Crippen molar-refractivity contribution in [2.75, 3.05) is 7.11 Å². The number of hydrogen-bond donors (Lipinski definition) is 1. The van der Waals surface area contributed by atoms with Gasteiger partial charge in [0.15, 0.2) is 0 Å². The second-order valence-electron chi connectivity index (χ2n) is 1.36. The van der Waals surface area contributed by atoms with Crippen LogP contribution in [0.25, 0.3) is 0 Å². The first-order chi connectivity index (χ1) is 4.09. The highest BCUT2D eigenvalue weighted by Crippen LogP contribution is 1.83. The van der Waals surface area contributed by atoms with Crippen LogP contribution < -0.4 is 5.84 Å². The Morgan fingerprint density at radius 3 is 2.11 bits per heavy atom. The van der Waals surface area contributed by atoms with Gasteiger partial charge in [-0.3, -0.25) is 4.79 Å². The molecule has 0 aromatic carbocycles. The van der Waals surface area contributed by atoms with Crippen LogP contribution >= 0.6 is 0 Å². The monoisotopic (exact) mass is 132 g/mol. The predicted molar refractivity (Wildman–Crippen MR) is 29.1 cm³/mol. The maximum Gasteiger partial charge on any atom is 0.431 e. The minimum atomic E-state index is -0.859. The molecule has 5 nitrogen and oxygen atoms in total. The molecule has 0 aliphatic rings. The Hall–Kier alpha value is -1.10. The van der Waals surface area contributed by atoms with Gasteiger partial charge in [-0.05, 0) is 0 Å². The van der Waals surface area contributed by atoms with Gasteiger partial charge in [-0.25, -0.2) is 10.6 Å². The van der Waals surface area contributed by atoms with Crippen molar-refractivity contribution in [3.8, 4) is 0 Å². The summed E-state index contributed by atoms with van der Waals surface area (Å²) in [4.78, 5) is 20.6. The SMILES string of the molecule is COC(=O)N(N)C(C)=O.